The maximum absolute atomic E-state index is 11.4. The average Bonchev–Trinajstić information content (AvgIpc) is 3.11. The van der Waals surface area contributed by atoms with Crippen LogP contribution in [0.4, 0.5) is 0 Å². The summed E-state index contributed by atoms with van der Waals surface area (Å²) in [4.78, 5) is 15.5. The zero-order valence-electron chi connectivity index (χ0n) is 10.9. The summed E-state index contributed by atoms with van der Waals surface area (Å²) < 4.78 is 0. The van der Waals surface area contributed by atoms with Crippen LogP contribution in [-0.4, -0.2) is 28.1 Å². The van der Waals surface area contributed by atoms with Crippen molar-refractivity contribution >= 4 is 17.3 Å². The van der Waals surface area contributed by atoms with E-state index in [1.807, 2.05) is 11.3 Å². The number of carboxylic acid groups (broad SMARTS) is 1. The quantitative estimate of drug-likeness (QED) is 0.903. The maximum atomic E-state index is 11.4. The van der Waals surface area contributed by atoms with Gasteiger partial charge in [0.25, 0.3) is 0 Å². The molecule has 3 aliphatic rings. The van der Waals surface area contributed by atoms with Crippen molar-refractivity contribution in [1.29, 1.82) is 0 Å². The first-order valence-electron chi connectivity index (χ1n) is 7.32. The molecule has 1 aliphatic carbocycles. The zero-order valence-corrected chi connectivity index (χ0v) is 11.7. The van der Waals surface area contributed by atoms with Crippen molar-refractivity contribution in [3.05, 3.63) is 21.9 Å². The van der Waals surface area contributed by atoms with Crippen LogP contribution in [0.3, 0.4) is 0 Å². The lowest BCUT2D eigenvalue weighted by molar-refractivity contribution is -0.142. The Kier molecular flexibility index (Phi) is 2.71. The third-order valence-corrected chi connectivity index (χ3v) is 6.28. The smallest absolute Gasteiger partial charge is 0.308 e. The monoisotopic (exact) mass is 277 g/mol. The van der Waals surface area contributed by atoms with Crippen LogP contribution in [0.25, 0.3) is 0 Å². The van der Waals surface area contributed by atoms with E-state index < -0.39 is 5.97 Å². The molecule has 2 saturated heterocycles. The van der Waals surface area contributed by atoms with Crippen molar-refractivity contribution in [2.45, 2.75) is 56.7 Å². The fourth-order valence-electron chi connectivity index (χ4n) is 4.55. The molecule has 0 saturated carbocycles. The number of aryl methyl sites for hydroxylation is 1. The van der Waals surface area contributed by atoms with Crippen LogP contribution in [-0.2, 0) is 11.2 Å². The second-order valence-electron chi connectivity index (χ2n) is 6.13. The van der Waals surface area contributed by atoms with Gasteiger partial charge in [0.05, 0.1) is 5.92 Å². The van der Waals surface area contributed by atoms with Gasteiger partial charge in [0.2, 0.25) is 0 Å². The Hall–Kier alpha value is -0.870. The highest BCUT2D eigenvalue weighted by Crippen LogP contribution is 2.50. The normalized spacial score (nSPS) is 37.5. The lowest BCUT2D eigenvalue weighted by atomic mass is 9.89. The first-order chi connectivity index (χ1) is 9.25. The summed E-state index contributed by atoms with van der Waals surface area (Å²) in [6, 6.07) is 3.58. The second-order valence-corrected chi connectivity index (χ2v) is 7.13. The standard InChI is InChI=1S/C15H19NO2S/c17-15(18)11-8-9-4-5-13(11)16(9)12-2-1-3-14-10(12)6-7-19-14/h6-7,9,11-13H,1-5,8H2,(H,17,18). The molecule has 0 radical (unpaired) electrons. The first-order valence-corrected chi connectivity index (χ1v) is 8.20. The topological polar surface area (TPSA) is 40.5 Å². The van der Waals surface area contributed by atoms with Gasteiger partial charge >= 0.3 is 5.97 Å². The number of thiophene rings is 1. The Morgan fingerprint density at radius 1 is 1.37 bits per heavy atom. The first kappa shape index (κ1) is 11.9. The van der Waals surface area contributed by atoms with Crippen molar-refractivity contribution in [1.82, 2.24) is 4.90 Å². The van der Waals surface area contributed by atoms with Crippen molar-refractivity contribution in [3.63, 3.8) is 0 Å². The minimum atomic E-state index is -0.585. The molecular weight excluding hydrogens is 258 g/mol. The van der Waals surface area contributed by atoms with Crippen molar-refractivity contribution < 1.29 is 9.90 Å². The van der Waals surface area contributed by atoms with Crippen molar-refractivity contribution in [3.8, 4) is 0 Å². The predicted molar refractivity (Wildman–Crippen MR) is 74.4 cm³/mol. The van der Waals surface area contributed by atoms with Crippen LogP contribution >= 0.6 is 11.3 Å². The molecule has 102 valence electrons. The van der Waals surface area contributed by atoms with E-state index in [4.69, 9.17) is 0 Å². The van der Waals surface area contributed by atoms with Gasteiger partial charge in [0.1, 0.15) is 0 Å². The number of fused-ring (bicyclic) bond motifs is 3. The van der Waals surface area contributed by atoms with E-state index in [9.17, 15) is 9.90 Å². The molecule has 2 fully saturated rings. The zero-order chi connectivity index (χ0) is 13.0. The number of carbonyl (C=O) groups is 1. The minimum Gasteiger partial charge on any atom is -0.481 e. The molecular formula is C15H19NO2S. The van der Waals surface area contributed by atoms with E-state index in [0.717, 1.165) is 12.8 Å². The third kappa shape index (κ3) is 1.69. The molecule has 1 N–H and O–H groups in total. The molecule has 1 aromatic rings. The van der Waals surface area contributed by atoms with Crippen molar-refractivity contribution in [2.24, 2.45) is 5.92 Å². The van der Waals surface area contributed by atoms with Gasteiger partial charge < -0.3 is 5.11 Å². The summed E-state index contributed by atoms with van der Waals surface area (Å²) in [5, 5.41) is 11.6. The average molecular weight is 277 g/mol. The molecule has 0 amide bonds. The van der Waals surface area contributed by atoms with Crippen LogP contribution in [0, 0.1) is 5.92 Å². The fraction of sp³-hybridized carbons (Fsp3) is 0.667. The highest BCUT2D eigenvalue weighted by molar-refractivity contribution is 7.10. The molecule has 2 aliphatic heterocycles. The molecule has 1 aromatic heterocycles. The fourth-order valence-corrected chi connectivity index (χ4v) is 5.53. The Balaban J connectivity index is 1.66. The van der Waals surface area contributed by atoms with Gasteiger partial charge in [-0.2, -0.15) is 0 Å². The van der Waals surface area contributed by atoms with Crippen LogP contribution < -0.4 is 0 Å². The van der Waals surface area contributed by atoms with E-state index in [2.05, 4.69) is 16.3 Å². The lowest BCUT2D eigenvalue weighted by Crippen LogP contribution is -2.37. The van der Waals surface area contributed by atoms with Gasteiger partial charge in [-0.15, -0.1) is 11.3 Å². The Bertz CT molecular complexity index is 512. The summed E-state index contributed by atoms with van der Waals surface area (Å²) in [6.45, 7) is 0. The largest absolute Gasteiger partial charge is 0.481 e. The van der Waals surface area contributed by atoms with E-state index in [1.165, 1.54) is 36.1 Å². The molecule has 4 atom stereocenters. The molecule has 3 heterocycles. The third-order valence-electron chi connectivity index (χ3n) is 5.29. The number of hydrogen-bond donors (Lipinski definition) is 1. The predicted octanol–water partition coefficient (Wildman–Crippen LogP) is 3.06. The number of carboxylic acids is 1. The van der Waals surface area contributed by atoms with Crippen LogP contribution in [0.15, 0.2) is 11.4 Å². The molecule has 4 rings (SSSR count). The molecule has 4 unspecified atom stereocenters. The maximum Gasteiger partial charge on any atom is 0.308 e. The Morgan fingerprint density at radius 2 is 2.26 bits per heavy atom. The number of aliphatic carboxylic acids is 1. The van der Waals surface area contributed by atoms with Crippen LogP contribution in [0.1, 0.15) is 48.6 Å². The van der Waals surface area contributed by atoms with E-state index >= 15 is 0 Å². The molecule has 0 aromatic carbocycles. The molecule has 4 heteroatoms. The lowest BCUT2D eigenvalue weighted by Gasteiger charge is -2.35. The Morgan fingerprint density at radius 3 is 3.05 bits per heavy atom. The molecule has 3 nitrogen and oxygen atoms in total. The van der Waals surface area contributed by atoms with Crippen LogP contribution in [0.5, 0.6) is 0 Å². The van der Waals surface area contributed by atoms with Crippen LogP contribution in [0.2, 0.25) is 0 Å². The number of rotatable bonds is 2. The minimum absolute atomic E-state index is 0.122. The second kappa shape index (κ2) is 4.32. The summed E-state index contributed by atoms with van der Waals surface area (Å²) in [5.41, 5.74) is 1.50. The van der Waals surface area contributed by atoms with E-state index in [1.54, 1.807) is 0 Å². The summed E-state index contributed by atoms with van der Waals surface area (Å²) >= 11 is 1.87. The van der Waals surface area contributed by atoms with Gasteiger partial charge in [-0.1, -0.05) is 0 Å². The van der Waals surface area contributed by atoms with Gasteiger partial charge in [0, 0.05) is 23.0 Å². The van der Waals surface area contributed by atoms with Gasteiger partial charge in [-0.05, 0) is 55.5 Å². The van der Waals surface area contributed by atoms with Gasteiger partial charge in [0.15, 0.2) is 0 Å². The highest BCUT2D eigenvalue weighted by atomic mass is 32.1. The molecule has 2 bridgehead atoms. The Labute approximate surface area is 117 Å². The summed E-state index contributed by atoms with van der Waals surface area (Å²) in [6.07, 6.45) is 6.84. The van der Waals surface area contributed by atoms with E-state index in [0.29, 0.717) is 18.1 Å². The van der Waals surface area contributed by atoms with E-state index in [-0.39, 0.29) is 5.92 Å². The molecule has 19 heavy (non-hydrogen) atoms. The number of hydrogen-bond acceptors (Lipinski definition) is 3. The SMILES string of the molecule is O=C(O)C1CC2CCC1N2C1CCCc2sccc21. The summed E-state index contributed by atoms with van der Waals surface area (Å²) in [5.74, 6) is -0.707. The number of nitrogens with zero attached hydrogens (tertiary/aromatic N) is 1. The highest BCUT2D eigenvalue weighted by Gasteiger charge is 2.52. The van der Waals surface area contributed by atoms with Gasteiger partial charge in [-0.25, -0.2) is 0 Å². The summed E-state index contributed by atoms with van der Waals surface area (Å²) in [7, 11) is 0. The van der Waals surface area contributed by atoms with Crippen molar-refractivity contribution in [2.75, 3.05) is 0 Å². The molecule has 0 spiro atoms. The van der Waals surface area contributed by atoms with Gasteiger partial charge in [-0.3, -0.25) is 9.69 Å².